The number of thiocarbonyl (C=S) groups is 1. The molecular formula is C17H18FN3OS. The van der Waals surface area contributed by atoms with Crippen LogP contribution in [0.1, 0.15) is 15.9 Å². The van der Waals surface area contributed by atoms with Gasteiger partial charge in [0.1, 0.15) is 5.82 Å². The van der Waals surface area contributed by atoms with Gasteiger partial charge in [-0.1, -0.05) is 12.1 Å². The number of aryl methyl sites for hydroxylation is 1. The maximum Gasteiger partial charge on any atom is 0.251 e. The number of hydrogen-bond donors (Lipinski definition) is 3. The normalized spacial score (nSPS) is 10.0. The summed E-state index contributed by atoms with van der Waals surface area (Å²) in [5, 5.41) is 9.31. The van der Waals surface area contributed by atoms with Crippen LogP contribution < -0.4 is 16.0 Å². The highest BCUT2D eigenvalue weighted by Crippen LogP contribution is 2.08. The molecule has 0 atom stereocenters. The minimum atomic E-state index is -0.365. The first-order valence-electron chi connectivity index (χ1n) is 7.20. The standard InChI is InChI=1S/C17H18FN3OS/c1-12-3-2-4-15(11-12)21-17(23)20-10-9-19-16(22)13-5-7-14(18)8-6-13/h2-8,11H,9-10H2,1H3,(H,19,22)(H2,20,21,23). The van der Waals surface area contributed by atoms with Gasteiger partial charge >= 0.3 is 0 Å². The zero-order valence-corrected chi connectivity index (χ0v) is 13.5. The van der Waals surface area contributed by atoms with E-state index in [2.05, 4.69) is 16.0 Å². The molecule has 0 aromatic heterocycles. The maximum atomic E-state index is 12.8. The van der Waals surface area contributed by atoms with Crippen LogP contribution in [0, 0.1) is 12.7 Å². The second kappa shape index (κ2) is 8.24. The predicted molar refractivity (Wildman–Crippen MR) is 94.1 cm³/mol. The summed E-state index contributed by atoms with van der Waals surface area (Å²) >= 11 is 5.19. The quantitative estimate of drug-likeness (QED) is 0.582. The van der Waals surface area contributed by atoms with Gasteiger partial charge in [-0.05, 0) is 61.1 Å². The Bertz CT molecular complexity index is 688. The van der Waals surface area contributed by atoms with Crippen molar-refractivity contribution in [2.24, 2.45) is 0 Å². The van der Waals surface area contributed by atoms with Crippen LogP contribution in [0.15, 0.2) is 48.5 Å². The van der Waals surface area contributed by atoms with Crippen LogP contribution >= 0.6 is 12.2 Å². The van der Waals surface area contributed by atoms with Crippen molar-refractivity contribution >= 4 is 28.9 Å². The van der Waals surface area contributed by atoms with Gasteiger partial charge in [-0.3, -0.25) is 4.79 Å². The summed E-state index contributed by atoms with van der Waals surface area (Å²) in [6.45, 7) is 2.91. The second-order valence-corrected chi connectivity index (χ2v) is 5.42. The summed E-state index contributed by atoms with van der Waals surface area (Å²) in [5.41, 5.74) is 2.48. The van der Waals surface area contributed by atoms with Gasteiger partial charge in [0.05, 0.1) is 0 Å². The lowest BCUT2D eigenvalue weighted by atomic mass is 10.2. The average Bonchev–Trinajstić information content (AvgIpc) is 2.52. The Kier molecular flexibility index (Phi) is 6.05. The molecule has 3 N–H and O–H groups in total. The fourth-order valence-electron chi connectivity index (χ4n) is 1.95. The smallest absolute Gasteiger partial charge is 0.251 e. The first kappa shape index (κ1) is 16.9. The van der Waals surface area contributed by atoms with E-state index >= 15 is 0 Å². The van der Waals surface area contributed by atoms with Crippen molar-refractivity contribution in [3.8, 4) is 0 Å². The molecule has 120 valence electrons. The van der Waals surface area contributed by atoms with E-state index in [1.54, 1.807) is 0 Å². The van der Waals surface area contributed by atoms with E-state index < -0.39 is 0 Å². The van der Waals surface area contributed by atoms with Gasteiger partial charge < -0.3 is 16.0 Å². The van der Waals surface area contributed by atoms with Crippen LogP contribution in [0.2, 0.25) is 0 Å². The third-order valence-corrected chi connectivity index (χ3v) is 3.32. The molecule has 0 radical (unpaired) electrons. The first-order chi connectivity index (χ1) is 11.0. The molecule has 0 saturated carbocycles. The topological polar surface area (TPSA) is 53.2 Å². The zero-order chi connectivity index (χ0) is 16.7. The highest BCUT2D eigenvalue weighted by molar-refractivity contribution is 7.80. The van der Waals surface area contributed by atoms with Crippen molar-refractivity contribution in [2.45, 2.75) is 6.92 Å². The van der Waals surface area contributed by atoms with E-state index in [9.17, 15) is 9.18 Å². The van der Waals surface area contributed by atoms with Crippen molar-refractivity contribution in [3.63, 3.8) is 0 Å². The monoisotopic (exact) mass is 331 g/mol. The predicted octanol–water partition coefficient (Wildman–Crippen LogP) is 2.85. The highest BCUT2D eigenvalue weighted by Gasteiger charge is 2.04. The van der Waals surface area contributed by atoms with E-state index in [1.165, 1.54) is 24.3 Å². The van der Waals surface area contributed by atoms with Crippen LogP contribution in [0.4, 0.5) is 10.1 Å². The molecule has 0 aliphatic rings. The maximum absolute atomic E-state index is 12.8. The zero-order valence-electron chi connectivity index (χ0n) is 12.7. The fraction of sp³-hybridized carbons (Fsp3) is 0.176. The Morgan fingerprint density at radius 1 is 1.09 bits per heavy atom. The average molecular weight is 331 g/mol. The third-order valence-electron chi connectivity index (χ3n) is 3.08. The molecule has 0 saturated heterocycles. The van der Waals surface area contributed by atoms with Crippen LogP contribution in [0.5, 0.6) is 0 Å². The molecule has 4 nitrogen and oxygen atoms in total. The van der Waals surface area contributed by atoms with Gasteiger partial charge in [0.2, 0.25) is 0 Å². The summed E-state index contributed by atoms with van der Waals surface area (Å²) < 4.78 is 12.8. The Balaban J connectivity index is 1.69. The van der Waals surface area contributed by atoms with Gasteiger partial charge in [0.15, 0.2) is 5.11 Å². The molecule has 0 heterocycles. The molecule has 2 rings (SSSR count). The van der Waals surface area contributed by atoms with Crippen molar-refractivity contribution < 1.29 is 9.18 Å². The lowest BCUT2D eigenvalue weighted by Gasteiger charge is -2.11. The van der Waals surface area contributed by atoms with Gasteiger partial charge in [-0.15, -0.1) is 0 Å². The largest absolute Gasteiger partial charge is 0.361 e. The van der Waals surface area contributed by atoms with E-state index in [1.807, 2.05) is 31.2 Å². The molecule has 0 fully saturated rings. The number of halogens is 1. The number of carbonyl (C=O) groups is 1. The summed E-state index contributed by atoms with van der Waals surface area (Å²) in [5.74, 6) is -0.611. The Morgan fingerprint density at radius 2 is 1.78 bits per heavy atom. The highest BCUT2D eigenvalue weighted by atomic mass is 32.1. The molecule has 0 aliphatic heterocycles. The van der Waals surface area contributed by atoms with Crippen molar-refractivity contribution in [1.29, 1.82) is 0 Å². The lowest BCUT2D eigenvalue weighted by molar-refractivity contribution is 0.0954. The van der Waals surface area contributed by atoms with E-state index in [0.717, 1.165) is 11.3 Å². The van der Waals surface area contributed by atoms with Crippen molar-refractivity contribution in [3.05, 3.63) is 65.5 Å². The molecule has 1 amide bonds. The van der Waals surface area contributed by atoms with Crippen LogP contribution in [0.25, 0.3) is 0 Å². The molecule has 0 aliphatic carbocycles. The number of nitrogens with one attached hydrogen (secondary N) is 3. The molecular weight excluding hydrogens is 313 g/mol. The number of amides is 1. The van der Waals surface area contributed by atoms with E-state index in [4.69, 9.17) is 12.2 Å². The van der Waals surface area contributed by atoms with Crippen molar-refractivity contribution in [2.75, 3.05) is 18.4 Å². The van der Waals surface area contributed by atoms with E-state index in [0.29, 0.717) is 23.8 Å². The number of benzene rings is 2. The third kappa shape index (κ3) is 5.67. The molecule has 0 unspecified atom stereocenters. The van der Waals surface area contributed by atoms with Crippen LogP contribution in [-0.2, 0) is 0 Å². The van der Waals surface area contributed by atoms with E-state index in [-0.39, 0.29) is 11.7 Å². The number of rotatable bonds is 5. The molecule has 2 aromatic rings. The Morgan fingerprint density at radius 3 is 2.48 bits per heavy atom. The lowest BCUT2D eigenvalue weighted by Crippen LogP contribution is -2.36. The molecule has 23 heavy (non-hydrogen) atoms. The number of hydrogen-bond acceptors (Lipinski definition) is 2. The summed E-state index contributed by atoms with van der Waals surface area (Å²) in [4.78, 5) is 11.8. The van der Waals surface area contributed by atoms with Gasteiger partial charge in [0, 0.05) is 24.3 Å². The fourth-order valence-corrected chi connectivity index (χ4v) is 2.17. The molecule has 2 aromatic carbocycles. The minimum Gasteiger partial charge on any atom is -0.361 e. The number of anilines is 1. The van der Waals surface area contributed by atoms with Gasteiger partial charge in [-0.25, -0.2) is 4.39 Å². The first-order valence-corrected chi connectivity index (χ1v) is 7.61. The van der Waals surface area contributed by atoms with Crippen molar-refractivity contribution in [1.82, 2.24) is 10.6 Å². The SMILES string of the molecule is Cc1cccc(NC(=S)NCCNC(=O)c2ccc(F)cc2)c1. The van der Waals surface area contributed by atoms with Gasteiger partial charge in [-0.2, -0.15) is 0 Å². The van der Waals surface area contributed by atoms with Crippen LogP contribution in [-0.4, -0.2) is 24.1 Å². The van der Waals surface area contributed by atoms with Gasteiger partial charge in [0.25, 0.3) is 5.91 Å². The second-order valence-electron chi connectivity index (χ2n) is 5.01. The minimum absolute atomic E-state index is 0.246. The summed E-state index contributed by atoms with van der Waals surface area (Å²) in [6, 6.07) is 13.3. The van der Waals surface area contributed by atoms with Crippen LogP contribution in [0.3, 0.4) is 0 Å². The Hall–Kier alpha value is -2.47. The number of carbonyl (C=O) groups excluding carboxylic acids is 1. The molecule has 0 bridgehead atoms. The molecule has 0 spiro atoms. The summed E-state index contributed by atoms with van der Waals surface area (Å²) in [6.07, 6.45) is 0. The Labute approximate surface area is 140 Å². The summed E-state index contributed by atoms with van der Waals surface area (Å²) in [7, 11) is 0. The molecule has 6 heteroatoms.